The number of carbonyl (C=O) groups is 1. The summed E-state index contributed by atoms with van der Waals surface area (Å²) in [6.45, 7) is 1.33. The number of halogens is 1. The summed E-state index contributed by atoms with van der Waals surface area (Å²) >= 11 is 0. The van der Waals surface area contributed by atoms with E-state index in [1.807, 2.05) is 0 Å². The highest BCUT2D eigenvalue weighted by atomic mass is 32.2. The van der Waals surface area contributed by atoms with Gasteiger partial charge in [-0.05, 0) is 24.6 Å². The predicted octanol–water partition coefficient (Wildman–Crippen LogP) is 0.608. The fourth-order valence-electron chi connectivity index (χ4n) is 1.94. The van der Waals surface area contributed by atoms with Gasteiger partial charge in [-0.3, -0.25) is 4.79 Å². The quantitative estimate of drug-likeness (QED) is 0.884. The molecule has 0 aromatic heterocycles. The summed E-state index contributed by atoms with van der Waals surface area (Å²) in [4.78, 5) is 10.8. The van der Waals surface area contributed by atoms with E-state index in [-0.39, 0.29) is 24.7 Å². The lowest BCUT2D eigenvalue weighted by atomic mass is 10.2. The summed E-state index contributed by atoms with van der Waals surface area (Å²) in [5, 5.41) is 9.06. The van der Waals surface area contributed by atoms with Crippen LogP contribution in [0.4, 0.5) is 4.39 Å². The first-order valence-electron chi connectivity index (χ1n) is 5.92. The normalized spacial score (nSPS) is 20.8. The predicted molar refractivity (Wildman–Crippen MR) is 67.3 cm³/mol. The molecule has 0 saturated carbocycles. The molecule has 6 nitrogen and oxygen atoms in total. The Hall–Kier alpha value is -1.51. The van der Waals surface area contributed by atoms with E-state index >= 15 is 0 Å². The Labute approximate surface area is 115 Å². The molecule has 1 fully saturated rings. The maximum Gasteiger partial charge on any atom is 0.324 e. The zero-order chi connectivity index (χ0) is 14.9. The van der Waals surface area contributed by atoms with Gasteiger partial charge < -0.3 is 9.84 Å². The van der Waals surface area contributed by atoms with Gasteiger partial charge in [0.05, 0.1) is 18.1 Å². The van der Waals surface area contributed by atoms with E-state index in [0.717, 1.165) is 10.4 Å². The Morgan fingerprint density at radius 3 is 2.80 bits per heavy atom. The summed E-state index contributed by atoms with van der Waals surface area (Å²) < 4.78 is 44.1. The van der Waals surface area contributed by atoms with Crippen LogP contribution in [0.1, 0.15) is 5.56 Å². The SMILES string of the molecule is Cc1ccc(S(=O)(=O)N2CCOCC2C(=O)O)cc1F. The van der Waals surface area contributed by atoms with Crippen molar-refractivity contribution in [1.29, 1.82) is 0 Å². The summed E-state index contributed by atoms with van der Waals surface area (Å²) in [6.07, 6.45) is 0. The van der Waals surface area contributed by atoms with Gasteiger partial charge in [-0.25, -0.2) is 12.8 Å². The topological polar surface area (TPSA) is 83.9 Å². The third kappa shape index (κ3) is 2.67. The second-order valence-corrected chi connectivity index (χ2v) is 6.35. The number of aryl methyl sites for hydroxylation is 1. The van der Waals surface area contributed by atoms with Gasteiger partial charge in [-0.15, -0.1) is 0 Å². The van der Waals surface area contributed by atoms with Crippen LogP contribution in [0.5, 0.6) is 0 Å². The standard InChI is InChI=1S/C12H14FNO5S/c1-8-2-3-9(6-10(8)13)20(17,18)14-4-5-19-7-11(14)12(15)16/h2-3,6,11H,4-5,7H2,1H3,(H,15,16). The monoisotopic (exact) mass is 303 g/mol. The average Bonchev–Trinajstić information content (AvgIpc) is 2.41. The number of sulfonamides is 1. The number of nitrogens with zero attached hydrogens (tertiary/aromatic N) is 1. The van der Waals surface area contributed by atoms with Crippen LogP contribution in [-0.4, -0.2) is 49.6 Å². The van der Waals surface area contributed by atoms with Crippen LogP contribution in [-0.2, 0) is 19.6 Å². The van der Waals surface area contributed by atoms with E-state index in [2.05, 4.69) is 0 Å². The maximum absolute atomic E-state index is 13.5. The van der Waals surface area contributed by atoms with Crippen molar-refractivity contribution >= 4 is 16.0 Å². The number of hydrogen-bond donors (Lipinski definition) is 1. The molecule has 0 aliphatic carbocycles. The molecule has 20 heavy (non-hydrogen) atoms. The van der Waals surface area contributed by atoms with Crippen molar-refractivity contribution in [1.82, 2.24) is 4.31 Å². The number of aliphatic carboxylic acids is 1. The lowest BCUT2D eigenvalue weighted by molar-refractivity contribution is -0.146. The molecule has 8 heteroatoms. The van der Waals surface area contributed by atoms with E-state index in [0.29, 0.717) is 5.56 Å². The van der Waals surface area contributed by atoms with E-state index in [4.69, 9.17) is 9.84 Å². The van der Waals surface area contributed by atoms with Crippen molar-refractivity contribution in [2.75, 3.05) is 19.8 Å². The Kier molecular flexibility index (Phi) is 4.07. The highest BCUT2D eigenvalue weighted by Gasteiger charge is 2.38. The Morgan fingerprint density at radius 1 is 1.50 bits per heavy atom. The molecule has 0 bridgehead atoms. The molecule has 1 aromatic carbocycles. The molecule has 1 aliphatic heterocycles. The van der Waals surface area contributed by atoms with Gasteiger partial charge in [-0.1, -0.05) is 6.07 Å². The number of carboxylic acids is 1. The molecule has 0 spiro atoms. The third-order valence-corrected chi connectivity index (χ3v) is 5.02. The van der Waals surface area contributed by atoms with E-state index in [1.165, 1.54) is 19.1 Å². The van der Waals surface area contributed by atoms with Crippen molar-refractivity contribution in [3.8, 4) is 0 Å². The fraction of sp³-hybridized carbons (Fsp3) is 0.417. The van der Waals surface area contributed by atoms with Crippen LogP contribution in [0, 0.1) is 12.7 Å². The van der Waals surface area contributed by atoms with Gasteiger partial charge in [0.15, 0.2) is 0 Å². The number of carboxylic acid groups (broad SMARTS) is 1. The van der Waals surface area contributed by atoms with Crippen LogP contribution >= 0.6 is 0 Å². The molecule has 1 saturated heterocycles. The average molecular weight is 303 g/mol. The van der Waals surface area contributed by atoms with Gasteiger partial charge in [0, 0.05) is 6.54 Å². The van der Waals surface area contributed by atoms with Crippen LogP contribution in [0.2, 0.25) is 0 Å². The molecule has 1 unspecified atom stereocenters. The molecule has 2 rings (SSSR count). The molecule has 1 aliphatic rings. The van der Waals surface area contributed by atoms with Crippen LogP contribution in [0.25, 0.3) is 0 Å². The number of rotatable bonds is 3. The van der Waals surface area contributed by atoms with E-state index < -0.39 is 27.9 Å². The Balaban J connectivity index is 2.42. The number of morpholine rings is 1. The number of benzene rings is 1. The first-order chi connectivity index (χ1) is 9.34. The van der Waals surface area contributed by atoms with Crippen molar-refractivity contribution in [2.45, 2.75) is 17.9 Å². The van der Waals surface area contributed by atoms with E-state index in [9.17, 15) is 17.6 Å². The Bertz CT molecular complexity index is 631. The fourth-order valence-corrected chi connectivity index (χ4v) is 3.50. The van der Waals surface area contributed by atoms with E-state index in [1.54, 1.807) is 0 Å². The zero-order valence-electron chi connectivity index (χ0n) is 10.7. The molecule has 110 valence electrons. The minimum atomic E-state index is -4.06. The zero-order valence-corrected chi connectivity index (χ0v) is 11.6. The Morgan fingerprint density at radius 2 is 2.20 bits per heavy atom. The minimum Gasteiger partial charge on any atom is -0.480 e. The highest BCUT2D eigenvalue weighted by Crippen LogP contribution is 2.22. The molecule has 1 heterocycles. The molecular formula is C12H14FNO5S. The van der Waals surface area contributed by atoms with Crippen molar-refractivity contribution in [2.24, 2.45) is 0 Å². The molecule has 1 atom stereocenters. The van der Waals surface area contributed by atoms with Gasteiger partial charge in [0.2, 0.25) is 10.0 Å². The van der Waals surface area contributed by atoms with Crippen molar-refractivity contribution in [3.63, 3.8) is 0 Å². The lowest BCUT2D eigenvalue weighted by Crippen LogP contribution is -2.52. The molecular weight excluding hydrogens is 289 g/mol. The van der Waals surface area contributed by atoms with Gasteiger partial charge in [-0.2, -0.15) is 4.31 Å². The summed E-state index contributed by atoms with van der Waals surface area (Å²) in [5.41, 5.74) is 0.320. The molecule has 1 aromatic rings. The number of hydrogen-bond acceptors (Lipinski definition) is 4. The van der Waals surface area contributed by atoms with Gasteiger partial charge >= 0.3 is 5.97 Å². The highest BCUT2D eigenvalue weighted by molar-refractivity contribution is 7.89. The first kappa shape index (κ1) is 14.9. The largest absolute Gasteiger partial charge is 0.480 e. The third-order valence-electron chi connectivity index (χ3n) is 3.11. The van der Waals surface area contributed by atoms with Gasteiger partial charge in [0.25, 0.3) is 0 Å². The summed E-state index contributed by atoms with van der Waals surface area (Å²) in [6, 6.07) is 2.22. The van der Waals surface area contributed by atoms with Gasteiger partial charge in [0.1, 0.15) is 11.9 Å². The maximum atomic E-state index is 13.5. The second-order valence-electron chi connectivity index (χ2n) is 4.46. The molecule has 1 N–H and O–H groups in total. The smallest absolute Gasteiger partial charge is 0.324 e. The van der Waals surface area contributed by atoms with Crippen molar-refractivity contribution < 1.29 is 27.4 Å². The molecule has 0 amide bonds. The van der Waals surface area contributed by atoms with Crippen molar-refractivity contribution in [3.05, 3.63) is 29.6 Å². The number of ether oxygens (including phenoxy) is 1. The molecule has 0 radical (unpaired) electrons. The van der Waals surface area contributed by atoms with Crippen LogP contribution < -0.4 is 0 Å². The van der Waals surface area contributed by atoms with Crippen LogP contribution in [0.3, 0.4) is 0 Å². The minimum absolute atomic E-state index is 0.0746. The summed E-state index contributed by atoms with van der Waals surface area (Å²) in [5.74, 6) is -1.94. The lowest BCUT2D eigenvalue weighted by Gasteiger charge is -2.31. The first-order valence-corrected chi connectivity index (χ1v) is 7.36. The summed E-state index contributed by atoms with van der Waals surface area (Å²) in [7, 11) is -4.06. The van der Waals surface area contributed by atoms with Crippen LogP contribution in [0.15, 0.2) is 23.1 Å². The second kappa shape index (κ2) is 5.47.